The molecular formula is C17H21N3O5. The summed E-state index contributed by atoms with van der Waals surface area (Å²) in [5.41, 5.74) is -0.219. The second kappa shape index (κ2) is 6.62. The summed E-state index contributed by atoms with van der Waals surface area (Å²) in [5, 5.41) is 13.9. The van der Waals surface area contributed by atoms with Crippen LogP contribution in [0, 0.1) is 6.92 Å². The molecule has 2 aromatic heterocycles. The van der Waals surface area contributed by atoms with E-state index in [1.807, 2.05) is 13.8 Å². The molecule has 1 N–H and O–H groups in total. The minimum absolute atomic E-state index is 0.196. The lowest BCUT2D eigenvalue weighted by Gasteiger charge is -2.38. The van der Waals surface area contributed by atoms with E-state index in [1.165, 1.54) is 4.68 Å². The molecule has 0 aromatic carbocycles. The Kier molecular flexibility index (Phi) is 4.52. The Morgan fingerprint density at radius 2 is 2.08 bits per heavy atom. The number of aryl methyl sites for hydroxylation is 1. The SMILES string of the molecule is CCOc1ccc(C(=O)N2CCC(C(=O)O)(n3cc(C)cn3)CC2)o1. The van der Waals surface area contributed by atoms with Crippen LogP contribution in [0.3, 0.4) is 0 Å². The Balaban J connectivity index is 1.73. The average molecular weight is 347 g/mol. The van der Waals surface area contributed by atoms with Gasteiger partial charge >= 0.3 is 5.97 Å². The molecule has 0 radical (unpaired) electrons. The van der Waals surface area contributed by atoms with Crippen LogP contribution in [0.15, 0.2) is 28.9 Å². The van der Waals surface area contributed by atoms with E-state index >= 15 is 0 Å². The van der Waals surface area contributed by atoms with E-state index in [4.69, 9.17) is 9.15 Å². The highest BCUT2D eigenvalue weighted by Crippen LogP contribution is 2.31. The van der Waals surface area contributed by atoms with Gasteiger partial charge in [0.05, 0.1) is 12.8 Å². The number of carboxylic acids is 1. The topological polar surface area (TPSA) is 97.8 Å². The first-order valence-electron chi connectivity index (χ1n) is 8.23. The summed E-state index contributed by atoms with van der Waals surface area (Å²) in [6, 6.07) is 3.18. The van der Waals surface area contributed by atoms with Crippen LogP contribution in [0.25, 0.3) is 0 Å². The first-order valence-corrected chi connectivity index (χ1v) is 8.23. The largest absolute Gasteiger partial charge is 0.479 e. The van der Waals surface area contributed by atoms with Crippen LogP contribution in [0.1, 0.15) is 35.9 Å². The molecule has 25 heavy (non-hydrogen) atoms. The van der Waals surface area contributed by atoms with Crippen molar-refractivity contribution in [2.75, 3.05) is 19.7 Å². The van der Waals surface area contributed by atoms with Gasteiger partial charge in [-0.3, -0.25) is 9.48 Å². The minimum Gasteiger partial charge on any atom is -0.479 e. The first-order chi connectivity index (χ1) is 12.0. The highest BCUT2D eigenvalue weighted by Gasteiger charge is 2.45. The Morgan fingerprint density at radius 3 is 2.64 bits per heavy atom. The van der Waals surface area contributed by atoms with Crippen molar-refractivity contribution >= 4 is 11.9 Å². The highest BCUT2D eigenvalue weighted by molar-refractivity contribution is 5.92. The van der Waals surface area contributed by atoms with Crippen molar-refractivity contribution in [3.63, 3.8) is 0 Å². The van der Waals surface area contributed by atoms with Crippen molar-refractivity contribution in [2.24, 2.45) is 0 Å². The fraction of sp³-hybridized carbons (Fsp3) is 0.471. The number of rotatable bonds is 5. The number of ether oxygens (including phenoxy) is 1. The van der Waals surface area contributed by atoms with E-state index in [0.717, 1.165) is 5.56 Å². The molecule has 0 aliphatic carbocycles. The van der Waals surface area contributed by atoms with Crippen molar-refractivity contribution < 1.29 is 23.8 Å². The van der Waals surface area contributed by atoms with E-state index in [9.17, 15) is 14.7 Å². The van der Waals surface area contributed by atoms with Gasteiger partial charge in [0.25, 0.3) is 11.9 Å². The first kappa shape index (κ1) is 17.1. The minimum atomic E-state index is -1.12. The Bertz CT molecular complexity index is 771. The van der Waals surface area contributed by atoms with Gasteiger partial charge < -0.3 is 19.2 Å². The van der Waals surface area contributed by atoms with Gasteiger partial charge in [-0.05, 0) is 25.5 Å². The molecule has 3 heterocycles. The summed E-state index contributed by atoms with van der Waals surface area (Å²) in [4.78, 5) is 26.1. The van der Waals surface area contributed by atoms with Crippen LogP contribution in [0.2, 0.25) is 0 Å². The lowest BCUT2D eigenvalue weighted by molar-refractivity contribution is -0.150. The number of aliphatic carboxylic acids is 1. The van der Waals surface area contributed by atoms with Crippen molar-refractivity contribution in [1.29, 1.82) is 0 Å². The molecule has 134 valence electrons. The van der Waals surface area contributed by atoms with Gasteiger partial charge in [0.15, 0.2) is 11.3 Å². The zero-order valence-electron chi connectivity index (χ0n) is 14.3. The predicted molar refractivity (Wildman–Crippen MR) is 87.6 cm³/mol. The van der Waals surface area contributed by atoms with Crippen LogP contribution in [0.5, 0.6) is 5.95 Å². The molecule has 3 rings (SSSR count). The van der Waals surface area contributed by atoms with E-state index < -0.39 is 11.5 Å². The third-order valence-corrected chi connectivity index (χ3v) is 4.50. The molecule has 8 nitrogen and oxygen atoms in total. The maximum Gasteiger partial charge on any atom is 0.331 e. The average Bonchev–Trinajstić information content (AvgIpc) is 3.24. The van der Waals surface area contributed by atoms with Crippen molar-refractivity contribution in [1.82, 2.24) is 14.7 Å². The second-order valence-electron chi connectivity index (χ2n) is 6.14. The number of carbonyl (C=O) groups excluding carboxylic acids is 1. The van der Waals surface area contributed by atoms with Gasteiger partial charge in [0, 0.05) is 38.2 Å². The number of piperidine rings is 1. The Labute approximate surface area is 145 Å². The summed E-state index contributed by atoms with van der Waals surface area (Å²) in [5.74, 6) is -0.697. The van der Waals surface area contributed by atoms with Crippen LogP contribution in [-0.4, -0.2) is 51.4 Å². The van der Waals surface area contributed by atoms with Crippen LogP contribution < -0.4 is 4.74 Å². The number of carboxylic acid groups (broad SMARTS) is 1. The van der Waals surface area contributed by atoms with Crippen molar-refractivity contribution in [3.05, 3.63) is 35.9 Å². The van der Waals surface area contributed by atoms with E-state index in [0.29, 0.717) is 25.6 Å². The number of furan rings is 1. The number of nitrogens with zero attached hydrogens (tertiary/aromatic N) is 3. The summed E-state index contributed by atoms with van der Waals surface area (Å²) in [7, 11) is 0. The molecule has 1 amide bonds. The van der Waals surface area contributed by atoms with Gasteiger partial charge in [-0.25, -0.2) is 4.79 Å². The number of hydrogen-bond donors (Lipinski definition) is 1. The molecular weight excluding hydrogens is 326 g/mol. The number of likely N-dealkylation sites (tertiary alicyclic amines) is 1. The zero-order valence-corrected chi connectivity index (χ0v) is 14.3. The molecule has 0 bridgehead atoms. The molecule has 1 aliphatic heterocycles. The Hall–Kier alpha value is -2.77. The van der Waals surface area contributed by atoms with E-state index in [1.54, 1.807) is 29.4 Å². The maximum absolute atomic E-state index is 12.5. The number of carbonyl (C=O) groups is 2. The van der Waals surface area contributed by atoms with Crippen LogP contribution in [-0.2, 0) is 10.3 Å². The number of amides is 1. The molecule has 1 fully saturated rings. The normalized spacial score (nSPS) is 16.6. The summed E-state index contributed by atoms with van der Waals surface area (Å²) in [6.45, 7) is 4.78. The third-order valence-electron chi connectivity index (χ3n) is 4.50. The van der Waals surface area contributed by atoms with Crippen molar-refractivity contribution in [3.8, 4) is 5.95 Å². The molecule has 0 saturated carbocycles. The lowest BCUT2D eigenvalue weighted by atomic mass is 9.87. The van der Waals surface area contributed by atoms with E-state index in [-0.39, 0.29) is 24.5 Å². The van der Waals surface area contributed by atoms with Crippen LogP contribution >= 0.6 is 0 Å². The second-order valence-corrected chi connectivity index (χ2v) is 6.14. The maximum atomic E-state index is 12.5. The van der Waals surface area contributed by atoms with Gasteiger partial charge in [-0.1, -0.05) is 0 Å². The van der Waals surface area contributed by atoms with Crippen molar-refractivity contribution in [2.45, 2.75) is 32.2 Å². The molecule has 1 saturated heterocycles. The number of hydrogen-bond acceptors (Lipinski definition) is 5. The van der Waals surface area contributed by atoms with Gasteiger partial charge in [-0.2, -0.15) is 5.10 Å². The molecule has 0 spiro atoms. The lowest BCUT2D eigenvalue weighted by Crippen LogP contribution is -2.52. The monoisotopic (exact) mass is 347 g/mol. The molecule has 1 aliphatic rings. The summed E-state index contributed by atoms with van der Waals surface area (Å²) in [6.07, 6.45) is 3.94. The number of aromatic nitrogens is 2. The van der Waals surface area contributed by atoms with Gasteiger partial charge in [0.2, 0.25) is 0 Å². The molecule has 0 unspecified atom stereocenters. The van der Waals surface area contributed by atoms with E-state index in [2.05, 4.69) is 5.10 Å². The van der Waals surface area contributed by atoms with Gasteiger partial charge in [-0.15, -0.1) is 0 Å². The zero-order chi connectivity index (χ0) is 18.0. The Morgan fingerprint density at radius 1 is 1.36 bits per heavy atom. The molecule has 2 aromatic rings. The fourth-order valence-electron chi connectivity index (χ4n) is 3.08. The predicted octanol–water partition coefficient (Wildman–Crippen LogP) is 1.90. The summed E-state index contributed by atoms with van der Waals surface area (Å²) >= 11 is 0. The van der Waals surface area contributed by atoms with Gasteiger partial charge in [0.1, 0.15) is 0 Å². The third kappa shape index (κ3) is 3.11. The van der Waals surface area contributed by atoms with Crippen LogP contribution in [0.4, 0.5) is 0 Å². The quantitative estimate of drug-likeness (QED) is 0.887. The molecule has 8 heteroatoms. The fourth-order valence-corrected chi connectivity index (χ4v) is 3.08. The smallest absolute Gasteiger partial charge is 0.331 e. The standard InChI is InChI=1S/C17H21N3O5/c1-3-24-14-5-4-13(25-14)15(21)19-8-6-17(7-9-19,16(22)23)20-11-12(2)10-18-20/h4-5,10-11H,3,6-9H2,1-2H3,(H,22,23). The molecule has 0 atom stereocenters. The highest BCUT2D eigenvalue weighted by atomic mass is 16.6. The summed E-state index contributed by atoms with van der Waals surface area (Å²) < 4.78 is 12.1.